The van der Waals surface area contributed by atoms with E-state index in [1.807, 2.05) is 6.07 Å². The third kappa shape index (κ3) is 5.68. The molecule has 1 aliphatic carbocycles. The molecule has 1 aromatic rings. The van der Waals surface area contributed by atoms with Gasteiger partial charge in [-0.25, -0.2) is 0 Å². The van der Waals surface area contributed by atoms with Crippen molar-refractivity contribution in [3.05, 3.63) is 49.4 Å². The van der Waals surface area contributed by atoms with Gasteiger partial charge in [-0.05, 0) is 0 Å². The number of allylic oxidation sites excluding steroid dienone is 4. The monoisotopic (exact) mass is 485 g/mol. The summed E-state index contributed by atoms with van der Waals surface area (Å²) >= 11 is 3.23. The third-order valence-corrected chi connectivity index (χ3v) is 14.7. The maximum absolute atomic E-state index is 6.91. The molecule has 0 heterocycles. The summed E-state index contributed by atoms with van der Waals surface area (Å²) < 4.78 is 8.52. The van der Waals surface area contributed by atoms with Crippen molar-refractivity contribution < 1.29 is 18.3 Å². The average molecular weight is 487 g/mol. The Labute approximate surface area is 187 Å². The molecular weight excluding hydrogens is 451 g/mol. The van der Waals surface area contributed by atoms with Crippen molar-refractivity contribution in [3.8, 4) is 5.75 Å². The summed E-state index contributed by atoms with van der Waals surface area (Å²) in [5, 5.41) is 5.63. The van der Waals surface area contributed by atoms with Crippen LogP contribution in [-0.4, -0.2) is 8.11 Å². The van der Waals surface area contributed by atoms with Crippen molar-refractivity contribution in [2.75, 3.05) is 0 Å². The fourth-order valence-corrected chi connectivity index (χ4v) is 15.4. The molecule has 1 atom stereocenters. The molecule has 0 saturated carbocycles. The third-order valence-electron chi connectivity index (χ3n) is 5.77. The molecule has 0 fully saturated rings. The number of hydrogen-bond donors (Lipinski definition) is 0. The first kappa shape index (κ1) is 27.3. The second kappa shape index (κ2) is 8.58. The SMILES string of the molecule is CC1=C(C)C(C)[C]([Ti]([CH3])([CH3])([SiH3])[O]c2cc(Cl)cc(C(C)(C)C)c2)=C1C.Cl.Cl. The summed E-state index contributed by atoms with van der Waals surface area (Å²) in [4.78, 5) is 0. The molecule has 155 valence electrons. The first-order chi connectivity index (χ1) is 11.1. The molecule has 0 saturated heterocycles. The van der Waals surface area contributed by atoms with Gasteiger partial charge in [-0.15, -0.1) is 24.8 Å². The zero-order valence-electron chi connectivity index (χ0n) is 18.4. The Morgan fingerprint density at radius 1 is 1.00 bits per heavy atom. The van der Waals surface area contributed by atoms with Gasteiger partial charge >= 0.3 is 163 Å². The van der Waals surface area contributed by atoms with Crippen LogP contribution in [0, 0.1) is 5.92 Å². The number of halogens is 3. The smallest absolute Gasteiger partial charge is 0.147 e. The summed E-state index contributed by atoms with van der Waals surface area (Å²) in [6.45, 7) is 15.8. The maximum Gasteiger partial charge on any atom is -0.147 e. The summed E-state index contributed by atoms with van der Waals surface area (Å²) in [5.41, 5.74) is 5.73. The van der Waals surface area contributed by atoms with E-state index in [9.17, 15) is 0 Å². The Kier molecular flexibility index (Phi) is 8.67. The van der Waals surface area contributed by atoms with Gasteiger partial charge in [0.2, 0.25) is 0 Å². The fourth-order valence-electron chi connectivity index (χ4n) is 4.26. The van der Waals surface area contributed by atoms with Gasteiger partial charge in [0.1, 0.15) is 0 Å². The van der Waals surface area contributed by atoms with E-state index in [1.165, 1.54) is 22.3 Å². The molecule has 27 heavy (non-hydrogen) atoms. The van der Waals surface area contributed by atoms with Gasteiger partial charge < -0.3 is 0 Å². The van der Waals surface area contributed by atoms with E-state index in [1.54, 1.807) is 3.88 Å². The summed E-state index contributed by atoms with van der Waals surface area (Å²) in [7, 11) is 1.07. The zero-order valence-corrected chi connectivity index (χ0v) is 24.4. The van der Waals surface area contributed by atoms with Gasteiger partial charge in [-0.1, -0.05) is 0 Å². The largest absolute Gasteiger partial charge is 0.147 e. The van der Waals surface area contributed by atoms with E-state index < -0.39 is 14.9 Å². The Morgan fingerprint density at radius 2 is 1.52 bits per heavy atom. The van der Waals surface area contributed by atoms with E-state index in [-0.39, 0.29) is 30.2 Å². The van der Waals surface area contributed by atoms with Crippen molar-refractivity contribution in [3.63, 3.8) is 0 Å². The van der Waals surface area contributed by atoms with E-state index >= 15 is 0 Å². The number of hydrogen-bond acceptors (Lipinski definition) is 1. The molecule has 0 aliphatic heterocycles. The van der Waals surface area contributed by atoms with Gasteiger partial charge in [-0.3, -0.25) is 0 Å². The van der Waals surface area contributed by atoms with Crippen LogP contribution in [0.25, 0.3) is 0 Å². The molecular formula is C21H36Cl3OSiTi. The minimum atomic E-state index is -3.19. The van der Waals surface area contributed by atoms with Crippen LogP contribution < -0.4 is 3.32 Å². The van der Waals surface area contributed by atoms with Crippen LogP contribution in [0.2, 0.25) is 15.5 Å². The Hall–Kier alpha value is 0.301. The first-order valence-corrected chi connectivity index (χ1v) is 19.8. The molecule has 2 rings (SSSR count). The predicted molar refractivity (Wildman–Crippen MR) is 127 cm³/mol. The second-order valence-electron chi connectivity index (χ2n) is 10.1. The van der Waals surface area contributed by atoms with Gasteiger partial charge in [0.25, 0.3) is 0 Å². The van der Waals surface area contributed by atoms with Crippen molar-refractivity contribution in [2.24, 2.45) is 5.92 Å². The van der Waals surface area contributed by atoms with Crippen molar-refractivity contribution >= 4 is 44.5 Å². The molecule has 0 aromatic heterocycles. The summed E-state index contributed by atoms with van der Waals surface area (Å²) in [6, 6.07) is 6.25. The summed E-state index contributed by atoms with van der Waals surface area (Å²) in [5.74, 6) is 1.45. The van der Waals surface area contributed by atoms with E-state index in [2.05, 4.69) is 71.1 Å². The van der Waals surface area contributed by atoms with Crippen LogP contribution >= 0.6 is 36.4 Å². The topological polar surface area (TPSA) is 9.23 Å². The molecule has 0 radical (unpaired) electrons. The molecule has 0 spiro atoms. The number of benzene rings is 1. The van der Waals surface area contributed by atoms with Crippen molar-refractivity contribution in [1.82, 2.24) is 0 Å². The average Bonchev–Trinajstić information content (AvgIpc) is 2.60. The molecule has 1 aromatic carbocycles. The van der Waals surface area contributed by atoms with Crippen LogP contribution in [0.1, 0.15) is 54.0 Å². The van der Waals surface area contributed by atoms with Crippen LogP contribution in [0.15, 0.2) is 38.8 Å². The molecule has 0 N–H and O–H groups in total. The molecule has 1 aliphatic rings. The minimum absolute atomic E-state index is 0. The Morgan fingerprint density at radius 3 is 1.93 bits per heavy atom. The van der Waals surface area contributed by atoms with Gasteiger partial charge in [0.15, 0.2) is 0 Å². The Bertz CT molecular complexity index is 783. The zero-order chi connectivity index (χ0) is 19.4. The van der Waals surface area contributed by atoms with Gasteiger partial charge in [0, 0.05) is 0 Å². The van der Waals surface area contributed by atoms with Crippen molar-refractivity contribution in [1.29, 1.82) is 0 Å². The molecule has 0 bridgehead atoms. The van der Waals surface area contributed by atoms with Crippen LogP contribution in [0.4, 0.5) is 0 Å². The normalized spacial score (nSPS) is 19.3. The van der Waals surface area contributed by atoms with Crippen LogP contribution in [0.5, 0.6) is 5.75 Å². The van der Waals surface area contributed by atoms with Crippen LogP contribution in [0.3, 0.4) is 0 Å². The maximum atomic E-state index is 6.91. The quantitative estimate of drug-likeness (QED) is 0.414. The Balaban J connectivity index is 0.00000338. The fraction of sp³-hybridized carbons (Fsp3) is 0.524. The summed E-state index contributed by atoms with van der Waals surface area (Å²) in [6.07, 6.45) is 0. The van der Waals surface area contributed by atoms with Gasteiger partial charge in [0.05, 0.1) is 0 Å². The minimum Gasteiger partial charge on any atom is -0.147 e. The van der Waals surface area contributed by atoms with E-state index in [4.69, 9.17) is 14.9 Å². The van der Waals surface area contributed by atoms with Crippen molar-refractivity contribution in [2.45, 2.75) is 64.3 Å². The van der Waals surface area contributed by atoms with Gasteiger partial charge in [-0.2, -0.15) is 0 Å². The van der Waals surface area contributed by atoms with E-state index in [0.29, 0.717) is 5.92 Å². The second-order valence-corrected chi connectivity index (χ2v) is 32.9. The van der Waals surface area contributed by atoms with E-state index in [0.717, 1.165) is 18.9 Å². The first-order valence-electron chi connectivity index (χ1n) is 9.23. The number of rotatable bonds is 3. The molecule has 1 unspecified atom stereocenters. The predicted octanol–water partition coefficient (Wildman–Crippen LogP) is 7.10. The molecule has 1 nitrogen and oxygen atoms in total. The molecule has 0 amide bonds. The van der Waals surface area contributed by atoms with Crippen LogP contribution in [-0.2, 0) is 20.4 Å². The molecule has 6 heteroatoms. The standard InChI is InChI=1S/C10H13ClO.C9H13.2CH3.2ClH.H3Si.Ti/c1-10(2,3)7-4-8(11)6-9(12)5-7;1-6-5-7(2)9(4)8(6)3;;;;;;/h4-6,12H,1-3H3;6H,1-4H3;2*1H3;2*1H;1H3;/q;;;;;;;+1/p-1.